The van der Waals surface area contributed by atoms with Gasteiger partial charge in [-0.2, -0.15) is 0 Å². The molecule has 0 spiro atoms. The molecule has 1 aromatic rings. The fourth-order valence-corrected chi connectivity index (χ4v) is 2.31. The highest BCUT2D eigenvalue weighted by Gasteiger charge is 2.11. The summed E-state index contributed by atoms with van der Waals surface area (Å²) in [5.74, 6) is -0.143. The molecular weight excluding hydrogens is 262 g/mol. The van der Waals surface area contributed by atoms with Crippen LogP contribution in [0, 0.1) is 0 Å². The van der Waals surface area contributed by atoms with Gasteiger partial charge in [0, 0.05) is 17.8 Å². The lowest BCUT2D eigenvalue weighted by atomic mass is 10.2. The van der Waals surface area contributed by atoms with Gasteiger partial charge in [-0.25, -0.2) is 4.79 Å². The van der Waals surface area contributed by atoms with Gasteiger partial charge in [-0.1, -0.05) is 11.6 Å². The van der Waals surface area contributed by atoms with Gasteiger partial charge in [0.1, 0.15) is 0 Å². The topological polar surface area (TPSA) is 84.2 Å². The smallest absolute Gasteiger partial charge is 0.312 e. The Morgan fingerprint density at radius 1 is 1.53 bits per heavy atom. The monoisotopic (exact) mass is 275 g/mol. The number of thiophene rings is 1. The molecule has 94 valence electrons. The molecule has 0 saturated heterocycles. The molecule has 0 aliphatic carbocycles. The number of primary amides is 1. The number of carbonyl (C=O) groups is 2. The summed E-state index contributed by atoms with van der Waals surface area (Å²) in [4.78, 5) is 22.9. The summed E-state index contributed by atoms with van der Waals surface area (Å²) in [5, 5.41) is 5.16. The molecule has 1 rings (SSSR count). The maximum absolute atomic E-state index is 11.5. The Labute approximate surface area is 108 Å². The average molecular weight is 276 g/mol. The molecule has 7 heteroatoms. The summed E-state index contributed by atoms with van der Waals surface area (Å²) >= 11 is 7.23. The third-order valence-corrected chi connectivity index (χ3v) is 3.46. The van der Waals surface area contributed by atoms with Gasteiger partial charge in [0.15, 0.2) is 0 Å². The zero-order chi connectivity index (χ0) is 12.8. The fourth-order valence-electron chi connectivity index (χ4n) is 1.25. The first-order valence-corrected chi connectivity index (χ1v) is 6.26. The zero-order valence-corrected chi connectivity index (χ0v) is 10.9. The Morgan fingerprint density at radius 2 is 2.24 bits per heavy atom. The molecule has 5 nitrogen and oxygen atoms in total. The van der Waals surface area contributed by atoms with E-state index in [1.54, 1.807) is 6.07 Å². The lowest BCUT2D eigenvalue weighted by molar-refractivity contribution is -0.121. The molecule has 1 aromatic heterocycles. The molecule has 3 amide bonds. The molecule has 0 aliphatic rings. The van der Waals surface area contributed by atoms with Gasteiger partial charge >= 0.3 is 6.03 Å². The summed E-state index contributed by atoms with van der Waals surface area (Å²) in [5.41, 5.74) is 4.88. The highest BCUT2D eigenvalue weighted by Crippen LogP contribution is 2.26. The standard InChI is InChI=1S/C10H14ClN3O2S/c1-6(7-2-3-8(11)17-7)14-9(15)4-5-13-10(12)16/h2-3,6H,4-5H2,1H3,(H,14,15)(H3,12,13,16)/t6-/m1/s1. The van der Waals surface area contributed by atoms with Crippen molar-refractivity contribution >= 4 is 34.9 Å². The molecule has 1 heterocycles. The summed E-state index contributed by atoms with van der Waals surface area (Å²) < 4.78 is 0.691. The molecule has 17 heavy (non-hydrogen) atoms. The molecule has 0 aliphatic heterocycles. The first-order valence-electron chi connectivity index (χ1n) is 5.07. The Balaban J connectivity index is 2.33. The molecule has 0 unspecified atom stereocenters. The normalized spacial score (nSPS) is 11.9. The Hall–Kier alpha value is -1.27. The van der Waals surface area contributed by atoms with E-state index in [4.69, 9.17) is 17.3 Å². The SMILES string of the molecule is C[C@@H](NC(=O)CCNC(N)=O)c1ccc(Cl)s1. The minimum Gasteiger partial charge on any atom is -0.352 e. The minimum atomic E-state index is -0.629. The summed E-state index contributed by atoms with van der Waals surface area (Å²) in [6, 6.07) is 2.95. The molecule has 0 saturated carbocycles. The highest BCUT2D eigenvalue weighted by atomic mass is 35.5. The summed E-state index contributed by atoms with van der Waals surface area (Å²) in [6.45, 7) is 2.11. The van der Waals surface area contributed by atoms with Gasteiger partial charge in [-0.3, -0.25) is 4.79 Å². The Morgan fingerprint density at radius 3 is 2.76 bits per heavy atom. The van der Waals surface area contributed by atoms with Crippen LogP contribution in [0.2, 0.25) is 4.34 Å². The van der Waals surface area contributed by atoms with Gasteiger partial charge in [0.05, 0.1) is 10.4 Å². The van der Waals surface area contributed by atoms with Crippen LogP contribution in [0.4, 0.5) is 4.79 Å². The molecule has 0 fully saturated rings. The van der Waals surface area contributed by atoms with Crippen molar-refractivity contribution in [3.05, 3.63) is 21.3 Å². The number of carbonyl (C=O) groups excluding carboxylic acids is 2. The van der Waals surface area contributed by atoms with E-state index in [9.17, 15) is 9.59 Å². The number of nitrogens with two attached hydrogens (primary N) is 1. The van der Waals surface area contributed by atoms with E-state index < -0.39 is 6.03 Å². The highest BCUT2D eigenvalue weighted by molar-refractivity contribution is 7.16. The molecule has 0 bridgehead atoms. The third kappa shape index (κ3) is 5.06. The number of hydrogen-bond acceptors (Lipinski definition) is 3. The van der Waals surface area contributed by atoms with Crippen molar-refractivity contribution in [3.8, 4) is 0 Å². The van der Waals surface area contributed by atoms with Crippen LogP contribution in [0.5, 0.6) is 0 Å². The van der Waals surface area contributed by atoms with Gasteiger partial charge < -0.3 is 16.4 Å². The van der Waals surface area contributed by atoms with Crippen LogP contribution in [0.1, 0.15) is 24.3 Å². The van der Waals surface area contributed by atoms with Gasteiger partial charge in [-0.15, -0.1) is 11.3 Å². The number of hydrogen-bond donors (Lipinski definition) is 3. The van der Waals surface area contributed by atoms with Crippen molar-refractivity contribution in [2.45, 2.75) is 19.4 Å². The van der Waals surface area contributed by atoms with E-state index >= 15 is 0 Å². The van der Waals surface area contributed by atoms with E-state index in [0.717, 1.165) is 4.88 Å². The van der Waals surface area contributed by atoms with Crippen molar-refractivity contribution in [3.63, 3.8) is 0 Å². The fraction of sp³-hybridized carbons (Fsp3) is 0.400. The van der Waals surface area contributed by atoms with Crippen LogP contribution in [-0.2, 0) is 4.79 Å². The van der Waals surface area contributed by atoms with Crippen molar-refractivity contribution in [2.75, 3.05) is 6.54 Å². The van der Waals surface area contributed by atoms with Crippen LogP contribution >= 0.6 is 22.9 Å². The molecule has 1 atom stereocenters. The van der Waals surface area contributed by atoms with E-state index in [1.165, 1.54) is 11.3 Å². The predicted molar refractivity (Wildman–Crippen MR) is 68.1 cm³/mol. The van der Waals surface area contributed by atoms with Crippen LogP contribution in [0.15, 0.2) is 12.1 Å². The van der Waals surface area contributed by atoms with E-state index in [1.807, 2.05) is 13.0 Å². The maximum Gasteiger partial charge on any atom is 0.312 e. The van der Waals surface area contributed by atoms with Crippen molar-refractivity contribution < 1.29 is 9.59 Å². The van der Waals surface area contributed by atoms with E-state index in [2.05, 4.69) is 10.6 Å². The van der Waals surface area contributed by atoms with Crippen molar-refractivity contribution in [1.82, 2.24) is 10.6 Å². The van der Waals surface area contributed by atoms with Crippen molar-refractivity contribution in [1.29, 1.82) is 0 Å². The average Bonchev–Trinajstić information content (AvgIpc) is 2.64. The number of nitrogens with one attached hydrogen (secondary N) is 2. The second-order valence-electron chi connectivity index (χ2n) is 3.47. The van der Waals surface area contributed by atoms with E-state index in [0.29, 0.717) is 4.34 Å². The first-order chi connectivity index (χ1) is 7.99. The number of amides is 3. The first kappa shape index (κ1) is 13.8. The van der Waals surface area contributed by atoms with Gasteiger partial charge in [-0.05, 0) is 19.1 Å². The summed E-state index contributed by atoms with van der Waals surface area (Å²) in [7, 11) is 0. The van der Waals surface area contributed by atoms with Crippen molar-refractivity contribution in [2.24, 2.45) is 5.73 Å². The third-order valence-electron chi connectivity index (χ3n) is 2.05. The molecular formula is C10H14ClN3O2S. The number of halogens is 1. The quantitative estimate of drug-likeness (QED) is 0.763. The zero-order valence-electron chi connectivity index (χ0n) is 9.33. The number of rotatable bonds is 5. The second kappa shape index (κ2) is 6.46. The van der Waals surface area contributed by atoms with Crippen LogP contribution in [0.3, 0.4) is 0 Å². The largest absolute Gasteiger partial charge is 0.352 e. The molecule has 0 radical (unpaired) electrons. The van der Waals surface area contributed by atoms with Gasteiger partial charge in [0.25, 0.3) is 0 Å². The van der Waals surface area contributed by atoms with Gasteiger partial charge in [0.2, 0.25) is 5.91 Å². The summed E-state index contributed by atoms with van der Waals surface area (Å²) in [6.07, 6.45) is 0.201. The molecule has 0 aromatic carbocycles. The minimum absolute atomic E-state index is 0.0893. The lowest BCUT2D eigenvalue weighted by Gasteiger charge is -2.12. The molecule has 4 N–H and O–H groups in total. The van der Waals surface area contributed by atoms with E-state index in [-0.39, 0.29) is 24.9 Å². The Kier molecular flexibility index (Phi) is 5.24. The second-order valence-corrected chi connectivity index (χ2v) is 5.22. The van der Waals surface area contributed by atoms with Crippen LogP contribution in [0.25, 0.3) is 0 Å². The lowest BCUT2D eigenvalue weighted by Crippen LogP contribution is -2.34. The maximum atomic E-state index is 11.5. The van der Waals surface area contributed by atoms with Crippen LogP contribution < -0.4 is 16.4 Å². The Bertz CT molecular complexity index is 408. The predicted octanol–water partition coefficient (Wildman–Crippen LogP) is 1.64. The van der Waals surface area contributed by atoms with Crippen LogP contribution in [-0.4, -0.2) is 18.5 Å². The number of urea groups is 1.